The molecule has 1 saturated heterocycles. The van der Waals surface area contributed by atoms with E-state index in [9.17, 15) is 9.59 Å². The highest BCUT2D eigenvalue weighted by molar-refractivity contribution is 5.79. The number of hydrogen-bond acceptors (Lipinski definition) is 3. The Bertz CT molecular complexity index is 646. The highest BCUT2D eigenvalue weighted by atomic mass is 16.5. The number of methoxy groups -OCH3 is 1. The minimum Gasteiger partial charge on any atom is -0.497 e. The van der Waals surface area contributed by atoms with Crippen LogP contribution in [0.3, 0.4) is 0 Å². The third-order valence-corrected chi connectivity index (χ3v) is 5.83. The van der Waals surface area contributed by atoms with E-state index < -0.39 is 0 Å². The molecular weight excluding hydrogens is 328 g/mol. The van der Waals surface area contributed by atoms with Crippen LogP contribution in [0.25, 0.3) is 0 Å². The first-order valence-electron chi connectivity index (χ1n) is 9.80. The molecule has 0 aromatic heterocycles. The molecule has 1 aromatic rings. The van der Waals surface area contributed by atoms with Crippen LogP contribution in [-0.4, -0.2) is 31.0 Å². The van der Waals surface area contributed by atoms with Gasteiger partial charge in [0.1, 0.15) is 5.75 Å². The lowest BCUT2D eigenvalue weighted by Crippen LogP contribution is -2.55. The Balaban J connectivity index is 1.54. The summed E-state index contributed by atoms with van der Waals surface area (Å²) in [5.74, 6) is 2.05. The molecule has 4 unspecified atom stereocenters. The molecule has 1 aliphatic heterocycles. The van der Waals surface area contributed by atoms with E-state index in [0.29, 0.717) is 24.7 Å². The summed E-state index contributed by atoms with van der Waals surface area (Å²) in [4.78, 5) is 24.5. The van der Waals surface area contributed by atoms with E-state index in [1.54, 1.807) is 7.11 Å². The summed E-state index contributed by atoms with van der Waals surface area (Å²) < 4.78 is 5.21. The van der Waals surface area contributed by atoms with E-state index in [2.05, 4.69) is 17.6 Å². The molecule has 26 heavy (non-hydrogen) atoms. The second-order valence-electron chi connectivity index (χ2n) is 7.70. The fourth-order valence-corrected chi connectivity index (χ4v) is 4.64. The van der Waals surface area contributed by atoms with Gasteiger partial charge in [-0.3, -0.25) is 9.59 Å². The van der Waals surface area contributed by atoms with E-state index in [1.165, 1.54) is 0 Å². The van der Waals surface area contributed by atoms with Gasteiger partial charge in [0.05, 0.1) is 13.5 Å². The number of piperidine rings is 1. The zero-order valence-electron chi connectivity index (χ0n) is 15.8. The van der Waals surface area contributed by atoms with E-state index >= 15 is 0 Å². The Morgan fingerprint density at radius 2 is 2.19 bits per heavy atom. The Kier molecular flexibility index (Phi) is 6.17. The van der Waals surface area contributed by atoms with Gasteiger partial charge in [0.2, 0.25) is 11.8 Å². The van der Waals surface area contributed by atoms with Crippen molar-refractivity contribution in [1.82, 2.24) is 10.6 Å². The molecule has 1 saturated carbocycles. The van der Waals surface area contributed by atoms with Crippen molar-refractivity contribution in [2.45, 2.75) is 64.0 Å². The molecule has 2 amide bonds. The number of amides is 2. The first kappa shape index (κ1) is 18.7. The molecular formula is C21H30N2O3. The Morgan fingerprint density at radius 1 is 1.35 bits per heavy atom. The predicted octanol–water partition coefficient (Wildman–Crippen LogP) is 2.83. The topological polar surface area (TPSA) is 67.4 Å². The van der Waals surface area contributed by atoms with Crippen molar-refractivity contribution in [2.75, 3.05) is 7.11 Å². The maximum absolute atomic E-state index is 12.4. The van der Waals surface area contributed by atoms with Gasteiger partial charge >= 0.3 is 0 Å². The first-order chi connectivity index (χ1) is 12.6. The molecule has 1 aromatic carbocycles. The molecule has 4 atom stereocenters. The molecule has 3 rings (SSSR count). The van der Waals surface area contributed by atoms with Crippen LogP contribution in [0, 0.1) is 11.8 Å². The number of carbonyl (C=O) groups is 2. The molecule has 1 heterocycles. The third kappa shape index (κ3) is 4.57. The lowest BCUT2D eigenvalue weighted by Gasteiger charge is -2.44. The third-order valence-electron chi connectivity index (χ3n) is 5.83. The molecule has 5 heteroatoms. The monoisotopic (exact) mass is 358 g/mol. The molecule has 2 aliphatic rings. The number of benzene rings is 1. The molecule has 0 bridgehead atoms. The van der Waals surface area contributed by atoms with Crippen molar-refractivity contribution < 1.29 is 14.3 Å². The fourth-order valence-electron chi connectivity index (χ4n) is 4.64. The van der Waals surface area contributed by atoms with E-state index in [0.717, 1.165) is 43.4 Å². The second kappa shape index (κ2) is 8.56. The highest BCUT2D eigenvalue weighted by Crippen LogP contribution is 2.37. The minimum atomic E-state index is 0.0361. The first-order valence-corrected chi connectivity index (χ1v) is 9.80. The van der Waals surface area contributed by atoms with Gasteiger partial charge in [-0.05, 0) is 55.2 Å². The predicted molar refractivity (Wildman–Crippen MR) is 101 cm³/mol. The number of carbonyl (C=O) groups excluding carboxylic acids is 2. The zero-order valence-corrected chi connectivity index (χ0v) is 15.8. The summed E-state index contributed by atoms with van der Waals surface area (Å²) in [6.07, 6.45) is 6.21. The second-order valence-corrected chi connectivity index (χ2v) is 7.70. The van der Waals surface area contributed by atoms with Crippen LogP contribution < -0.4 is 15.4 Å². The fraction of sp³-hybridized carbons (Fsp3) is 0.619. The van der Waals surface area contributed by atoms with Gasteiger partial charge < -0.3 is 15.4 Å². The SMILES string of the molecule is CCCC1CC(=O)NC2CC(NC(=O)Cc3cccc(OC)c3)CCC12. The zero-order chi connectivity index (χ0) is 18.5. The standard InChI is InChI=1S/C21H30N2O3/c1-3-5-15-12-21(25)23-19-13-16(8-9-18(15)19)22-20(24)11-14-6-4-7-17(10-14)26-2/h4,6-7,10,15-16,18-19H,3,5,8-9,11-13H2,1-2H3,(H,22,24)(H,23,25). The number of rotatable bonds is 6. The summed E-state index contributed by atoms with van der Waals surface area (Å²) in [5.41, 5.74) is 0.949. The molecule has 0 spiro atoms. The highest BCUT2D eigenvalue weighted by Gasteiger charge is 2.40. The van der Waals surface area contributed by atoms with Crippen LogP contribution >= 0.6 is 0 Å². The van der Waals surface area contributed by atoms with E-state index in [-0.39, 0.29) is 23.9 Å². The van der Waals surface area contributed by atoms with Gasteiger partial charge in [-0.2, -0.15) is 0 Å². The number of ether oxygens (including phenoxy) is 1. The van der Waals surface area contributed by atoms with Crippen molar-refractivity contribution in [2.24, 2.45) is 11.8 Å². The number of hydrogen-bond donors (Lipinski definition) is 2. The Morgan fingerprint density at radius 3 is 2.96 bits per heavy atom. The maximum Gasteiger partial charge on any atom is 0.224 e. The molecule has 0 radical (unpaired) electrons. The minimum absolute atomic E-state index is 0.0361. The summed E-state index contributed by atoms with van der Waals surface area (Å²) >= 11 is 0. The summed E-state index contributed by atoms with van der Waals surface area (Å²) in [6.45, 7) is 2.19. The number of nitrogens with one attached hydrogen (secondary N) is 2. The molecule has 2 N–H and O–H groups in total. The summed E-state index contributed by atoms with van der Waals surface area (Å²) in [7, 11) is 1.63. The average Bonchev–Trinajstić information content (AvgIpc) is 2.61. The number of fused-ring (bicyclic) bond motifs is 1. The molecule has 5 nitrogen and oxygen atoms in total. The van der Waals surface area contributed by atoms with Crippen molar-refractivity contribution in [1.29, 1.82) is 0 Å². The van der Waals surface area contributed by atoms with Crippen molar-refractivity contribution in [3.63, 3.8) is 0 Å². The van der Waals surface area contributed by atoms with Gasteiger partial charge in [-0.25, -0.2) is 0 Å². The lowest BCUT2D eigenvalue weighted by atomic mass is 9.70. The van der Waals surface area contributed by atoms with Crippen LogP contribution in [0.15, 0.2) is 24.3 Å². The van der Waals surface area contributed by atoms with Crippen molar-refractivity contribution in [3.05, 3.63) is 29.8 Å². The summed E-state index contributed by atoms with van der Waals surface area (Å²) in [5, 5.41) is 6.34. The maximum atomic E-state index is 12.4. The quantitative estimate of drug-likeness (QED) is 0.822. The molecule has 142 valence electrons. The Hall–Kier alpha value is -2.04. The lowest BCUT2D eigenvalue weighted by molar-refractivity contribution is -0.127. The van der Waals surface area contributed by atoms with Gasteiger partial charge in [0.25, 0.3) is 0 Å². The van der Waals surface area contributed by atoms with Crippen LogP contribution in [0.2, 0.25) is 0 Å². The van der Waals surface area contributed by atoms with E-state index in [1.807, 2.05) is 24.3 Å². The largest absolute Gasteiger partial charge is 0.497 e. The van der Waals surface area contributed by atoms with E-state index in [4.69, 9.17) is 4.74 Å². The van der Waals surface area contributed by atoms with Gasteiger partial charge in [0, 0.05) is 18.5 Å². The van der Waals surface area contributed by atoms with Crippen LogP contribution in [0.5, 0.6) is 5.75 Å². The summed E-state index contributed by atoms with van der Waals surface area (Å²) in [6, 6.07) is 7.97. The smallest absolute Gasteiger partial charge is 0.224 e. The molecule has 2 fully saturated rings. The average molecular weight is 358 g/mol. The van der Waals surface area contributed by atoms with Crippen molar-refractivity contribution in [3.8, 4) is 5.75 Å². The van der Waals surface area contributed by atoms with Crippen LogP contribution in [0.1, 0.15) is 51.0 Å². The Labute approximate surface area is 155 Å². The van der Waals surface area contributed by atoms with Gasteiger partial charge in [-0.1, -0.05) is 25.5 Å². The van der Waals surface area contributed by atoms with Crippen LogP contribution in [-0.2, 0) is 16.0 Å². The van der Waals surface area contributed by atoms with Crippen molar-refractivity contribution >= 4 is 11.8 Å². The van der Waals surface area contributed by atoms with Gasteiger partial charge in [-0.15, -0.1) is 0 Å². The van der Waals surface area contributed by atoms with Crippen LogP contribution in [0.4, 0.5) is 0 Å². The van der Waals surface area contributed by atoms with Gasteiger partial charge in [0.15, 0.2) is 0 Å². The molecule has 1 aliphatic carbocycles. The normalized spacial score (nSPS) is 28.0.